The van der Waals surface area contributed by atoms with Gasteiger partial charge in [0.1, 0.15) is 0 Å². The van der Waals surface area contributed by atoms with Gasteiger partial charge in [-0.05, 0) is 0 Å². The maximum atomic E-state index is 7.15. The van der Waals surface area contributed by atoms with Gasteiger partial charge in [0, 0.05) is 22.2 Å². The third-order valence-electron chi connectivity index (χ3n) is 0.447. The Bertz CT molecular complexity index is 258. The minimum Gasteiger partial charge on any atom is -0.370 e. The highest BCUT2D eigenvalue weighted by molar-refractivity contribution is 5.91. The first-order valence-corrected chi connectivity index (χ1v) is 1.95. The molecule has 0 aliphatic rings. The number of aliphatic imine (C=N–C) groups is 1. The lowest BCUT2D eigenvalue weighted by atomic mass is 10.8. The molecule has 0 spiro atoms. The van der Waals surface area contributed by atoms with Crippen molar-refractivity contribution in [3.8, 4) is 0 Å². The van der Waals surface area contributed by atoms with Crippen molar-refractivity contribution >= 4 is 11.9 Å². The van der Waals surface area contributed by atoms with Crippen LogP contribution < -0.4 is 11.5 Å². The molecular formula is C4H11N5. The van der Waals surface area contributed by atoms with E-state index in [1.54, 1.807) is 0 Å². The van der Waals surface area contributed by atoms with E-state index in [-0.39, 0.29) is 4.90 Å². The number of nitrogens with two attached hydrogens (primary N) is 2. The minimum atomic E-state index is -3.01. The summed E-state index contributed by atoms with van der Waals surface area (Å²) in [5.41, 5.74) is 9.82. The average molecular weight is 135 g/mol. The van der Waals surface area contributed by atoms with E-state index in [1.165, 1.54) is 0 Å². The second kappa shape index (κ2) is 2.91. The van der Waals surface area contributed by atoms with Crippen molar-refractivity contribution in [3.05, 3.63) is 0 Å². The largest absolute Gasteiger partial charge is 0.370 e. The van der Waals surface area contributed by atoms with Gasteiger partial charge in [-0.15, -0.1) is 0 Å². The smallest absolute Gasteiger partial charge is 0.220 e. The van der Waals surface area contributed by atoms with Crippen LogP contribution in [-0.2, 0) is 0 Å². The Morgan fingerprint density at radius 3 is 2.56 bits per heavy atom. The fourth-order valence-corrected chi connectivity index (χ4v) is 0.172. The van der Waals surface area contributed by atoms with E-state index in [1.807, 2.05) is 0 Å². The van der Waals surface area contributed by atoms with Crippen molar-refractivity contribution in [2.75, 3.05) is 14.0 Å². The summed E-state index contributed by atoms with van der Waals surface area (Å²) in [5, 5.41) is 7.15. The molecule has 5 nitrogen and oxygen atoms in total. The molecule has 0 unspecified atom stereocenters. The number of nitrogens with one attached hydrogen (secondary N) is 1. The molecule has 9 heavy (non-hydrogen) atoms. The quantitative estimate of drug-likeness (QED) is 0.286. The first kappa shape index (κ1) is 2.17. The van der Waals surface area contributed by atoms with Crippen LogP contribution in [-0.4, -0.2) is 30.8 Å². The zero-order chi connectivity index (χ0) is 12.4. The van der Waals surface area contributed by atoms with Gasteiger partial charge in [-0.25, -0.2) is 0 Å². The van der Waals surface area contributed by atoms with Crippen molar-refractivity contribution in [2.45, 2.75) is 0 Å². The number of rotatable bonds is 0. The number of nitrogens with zero attached hydrogens (tertiary/aromatic N) is 2. The van der Waals surface area contributed by atoms with Gasteiger partial charge in [0.2, 0.25) is 5.96 Å². The maximum Gasteiger partial charge on any atom is 0.220 e. The molecule has 0 saturated carbocycles. The summed E-state index contributed by atoms with van der Waals surface area (Å²) in [6.07, 6.45) is 0. The van der Waals surface area contributed by atoms with Crippen molar-refractivity contribution in [1.29, 1.82) is 5.41 Å². The molecule has 5 heteroatoms. The summed E-state index contributed by atoms with van der Waals surface area (Å²) in [7, 11) is 0. The second-order valence-corrected chi connectivity index (χ2v) is 1.20. The summed E-state index contributed by atoms with van der Waals surface area (Å²) in [5.74, 6) is -1.62. The van der Waals surface area contributed by atoms with Gasteiger partial charge in [0.25, 0.3) is 0 Å². The zero-order valence-corrected chi connectivity index (χ0v) is 4.55. The molecule has 0 aromatic carbocycles. The second-order valence-electron chi connectivity index (χ2n) is 1.20. The van der Waals surface area contributed by atoms with Gasteiger partial charge in [-0.2, -0.15) is 4.99 Å². The van der Waals surface area contributed by atoms with Gasteiger partial charge in [-0.3, -0.25) is 5.41 Å². The maximum absolute atomic E-state index is 7.15. The summed E-state index contributed by atoms with van der Waals surface area (Å²) in [6, 6.07) is 0. The molecule has 0 aliphatic carbocycles. The third-order valence-corrected chi connectivity index (χ3v) is 0.447. The zero-order valence-electron chi connectivity index (χ0n) is 10.5. The van der Waals surface area contributed by atoms with Crippen molar-refractivity contribution in [1.82, 2.24) is 4.90 Å². The first-order valence-electron chi connectivity index (χ1n) is 4.95. The van der Waals surface area contributed by atoms with E-state index < -0.39 is 25.9 Å². The molecule has 0 bridgehead atoms. The lowest BCUT2D eigenvalue weighted by Gasteiger charge is -2.07. The Morgan fingerprint density at radius 1 is 1.67 bits per heavy atom. The summed E-state index contributed by atoms with van der Waals surface area (Å²) in [4.78, 5) is 2.95. The van der Waals surface area contributed by atoms with Crippen LogP contribution in [0.1, 0.15) is 8.22 Å². The molecule has 0 amide bonds. The normalized spacial score (nSPS) is 20.9. The Balaban J connectivity index is 5.16. The minimum absolute atomic E-state index is 0.125. The van der Waals surface area contributed by atoms with Crippen LogP contribution >= 0.6 is 0 Å². The summed E-state index contributed by atoms with van der Waals surface area (Å²) < 4.78 is 41.6. The summed E-state index contributed by atoms with van der Waals surface area (Å²) >= 11 is 0. The molecule has 0 heterocycles. The van der Waals surface area contributed by atoms with Gasteiger partial charge in [-0.1, -0.05) is 0 Å². The molecule has 0 rings (SSSR count). The molecule has 0 aromatic heterocycles. The van der Waals surface area contributed by atoms with E-state index in [0.717, 1.165) is 0 Å². The van der Waals surface area contributed by atoms with Crippen molar-refractivity contribution in [2.24, 2.45) is 16.5 Å². The number of guanidine groups is 2. The van der Waals surface area contributed by atoms with E-state index >= 15 is 0 Å². The van der Waals surface area contributed by atoms with Gasteiger partial charge < -0.3 is 16.4 Å². The van der Waals surface area contributed by atoms with E-state index in [0.29, 0.717) is 0 Å². The Hall–Kier alpha value is -1.26. The van der Waals surface area contributed by atoms with Gasteiger partial charge in [0.15, 0.2) is 5.96 Å². The molecule has 0 atom stereocenters. The molecule has 0 radical (unpaired) electrons. The average Bonchev–Trinajstić information content (AvgIpc) is 1.74. The summed E-state index contributed by atoms with van der Waals surface area (Å²) in [6.45, 7) is -6.03. The predicted octanol–water partition coefficient (Wildman–Crippen LogP) is -1.24. The third kappa shape index (κ3) is 3.33. The first-order chi connectivity index (χ1) is 6.46. The highest BCUT2D eigenvalue weighted by Crippen LogP contribution is 1.78. The molecule has 52 valence electrons. The Kier molecular flexibility index (Phi) is 0.700. The SMILES string of the molecule is [2H]C([2H])([2H])N(C(=N)N=C(N)N)C([2H])([2H])[2H]. The lowest BCUT2D eigenvalue weighted by molar-refractivity contribution is 0.609. The van der Waals surface area contributed by atoms with E-state index in [2.05, 4.69) is 4.99 Å². The fourth-order valence-electron chi connectivity index (χ4n) is 0.172. The van der Waals surface area contributed by atoms with Crippen LogP contribution in [0.5, 0.6) is 0 Å². The standard InChI is InChI=1S/C4H11N5/c1-9(2)4(7)8-3(5)6/h1-2H3,(H5,5,6,7,8)/i1D3,2D3. The molecule has 0 fully saturated rings. The van der Waals surface area contributed by atoms with Crippen LogP contribution in [0.4, 0.5) is 0 Å². The molecule has 0 saturated heterocycles. The topological polar surface area (TPSA) is 91.5 Å². The van der Waals surface area contributed by atoms with Gasteiger partial charge >= 0.3 is 0 Å². The number of hydrogen-bond donors (Lipinski definition) is 3. The Morgan fingerprint density at radius 2 is 2.22 bits per heavy atom. The molecular weight excluding hydrogens is 118 g/mol. The van der Waals surface area contributed by atoms with Crippen LogP contribution in [0.15, 0.2) is 4.99 Å². The van der Waals surface area contributed by atoms with Crippen LogP contribution in [0.2, 0.25) is 0 Å². The molecule has 5 N–H and O–H groups in total. The monoisotopic (exact) mass is 135 g/mol. The molecule has 0 aromatic rings. The number of hydrogen-bond acceptors (Lipinski definition) is 1. The van der Waals surface area contributed by atoms with Gasteiger partial charge in [0.05, 0.1) is 0 Å². The van der Waals surface area contributed by atoms with Crippen molar-refractivity contribution < 1.29 is 8.22 Å². The highest BCUT2D eigenvalue weighted by Gasteiger charge is 1.93. The molecule has 0 aliphatic heterocycles. The van der Waals surface area contributed by atoms with Crippen molar-refractivity contribution in [3.63, 3.8) is 0 Å². The highest BCUT2D eigenvalue weighted by atomic mass is 15.2. The van der Waals surface area contributed by atoms with Crippen LogP contribution in [0.25, 0.3) is 0 Å². The van der Waals surface area contributed by atoms with Crippen LogP contribution in [0, 0.1) is 5.41 Å². The predicted molar refractivity (Wildman–Crippen MR) is 37.2 cm³/mol. The van der Waals surface area contributed by atoms with Crippen LogP contribution in [0.3, 0.4) is 0 Å². The van der Waals surface area contributed by atoms with E-state index in [4.69, 9.17) is 25.1 Å². The fraction of sp³-hybridized carbons (Fsp3) is 0.500. The van der Waals surface area contributed by atoms with E-state index in [9.17, 15) is 0 Å². The Labute approximate surface area is 62.3 Å². The lowest BCUT2D eigenvalue weighted by Crippen LogP contribution is -2.28.